The van der Waals surface area contributed by atoms with Crippen LogP contribution in [-0.2, 0) is 0 Å². The average molecular weight is 340 g/mol. The van der Waals surface area contributed by atoms with E-state index in [0.29, 0.717) is 11.0 Å². The molecule has 0 radical (unpaired) electrons. The molecule has 0 heterocycles. The van der Waals surface area contributed by atoms with Gasteiger partial charge in [0.05, 0.1) is 6.54 Å². The number of nitrogens with one attached hydrogen (secondary N) is 1. The van der Waals surface area contributed by atoms with Crippen LogP contribution < -0.4 is 5.32 Å². The predicted octanol–water partition coefficient (Wildman–Crippen LogP) is 2.63. The molecule has 0 aliphatic carbocycles. The fourth-order valence-electron chi connectivity index (χ4n) is 1.83. The van der Waals surface area contributed by atoms with Gasteiger partial charge in [0.15, 0.2) is 6.10 Å². The molecule has 2 unspecified atom stereocenters. The number of alkyl halides is 3. The molecule has 0 bridgehead atoms. The van der Waals surface area contributed by atoms with Gasteiger partial charge in [-0.1, -0.05) is 13.0 Å². The first kappa shape index (κ1) is 19.1. The molecule has 0 fully saturated rings. The molecule has 0 aliphatic heterocycles. The number of likely N-dealkylation sites (N-methyl/N-ethyl adjacent to an activating group) is 1. The zero-order valence-electron chi connectivity index (χ0n) is 12.5. The van der Waals surface area contributed by atoms with Gasteiger partial charge in [-0.3, -0.25) is 0 Å². The van der Waals surface area contributed by atoms with E-state index in [4.69, 9.17) is 5.11 Å². The maximum atomic E-state index is 13.6. The summed E-state index contributed by atoms with van der Waals surface area (Å²) in [5.74, 6) is -2.02. The van der Waals surface area contributed by atoms with Crippen molar-refractivity contribution >= 4 is 6.03 Å². The lowest BCUT2D eigenvalue weighted by molar-refractivity contribution is -0.205. The standard InChI is InChI=1S/C14H17F5N2O2/c1-8(10-4-3-9(15)5-11(10)16)6-20-13(23)21(2)7-12(22)14(17,18)19/h3-5,8,12,22H,6-7H2,1-2H3,(H,20,23). The van der Waals surface area contributed by atoms with E-state index in [2.05, 4.69) is 5.32 Å². The predicted molar refractivity (Wildman–Crippen MR) is 72.9 cm³/mol. The molecule has 130 valence electrons. The molecule has 1 rings (SSSR count). The Morgan fingerprint density at radius 3 is 2.48 bits per heavy atom. The largest absolute Gasteiger partial charge is 0.416 e. The molecular formula is C14H17F5N2O2. The number of benzene rings is 1. The highest BCUT2D eigenvalue weighted by atomic mass is 19.4. The summed E-state index contributed by atoms with van der Waals surface area (Å²) in [6, 6.07) is 2.17. The molecule has 4 nitrogen and oxygen atoms in total. The highest BCUT2D eigenvalue weighted by Gasteiger charge is 2.39. The lowest BCUT2D eigenvalue weighted by atomic mass is 10.0. The number of amides is 2. The minimum Gasteiger partial charge on any atom is -0.382 e. The molecule has 0 aliphatic rings. The van der Waals surface area contributed by atoms with Crippen molar-refractivity contribution in [2.45, 2.75) is 25.1 Å². The first-order valence-electron chi connectivity index (χ1n) is 6.71. The van der Waals surface area contributed by atoms with E-state index in [1.165, 1.54) is 6.07 Å². The van der Waals surface area contributed by atoms with Gasteiger partial charge in [-0.2, -0.15) is 13.2 Å². The maximum absolute atomic E-state index is 13.6. The second kappa shape index (κ2) is 7.58. The number of nitrogens with zero attached hydrogens (tertiary/aromatic N) is 1. The summed E-state index contributed by atoms with van der Waals surface area (Å²) in [7, 11) is 1.09. The smallest absolute Gasteiger partial charge is 0.382 e. The first-order chi connectivity index (χ1) is 10.5. The zero-order chi connectivity index (χ0) is 17.8. The number of carbonyl (C=O) groups is 1. The van der Waals surface area contributed by atoms with Crippen molar-refractivity contribution < 1.29 is 31.9 Å². The van der Waals surface area contributed by atoms with Gasteiger partial charge in [-0.15, -0.1) is 0 Å². The van der Waals surface area contributed by atoms with E-state index < -0.39 is 42.4 Å². The third-order valence-corrected chi connectivity index (χ3v) is 3.22. The monoisotopic (exact) mass is 340 g/mol. The molecule has 2 atom stereocenters. The van der Waals surface area contributed by atoms with Gasteiger partial charge >= 0.3 is 12.2 Å². The van der Waals surface area contributed by atoms with Crippen molar-refractivity contribution in [2.75, 3.05) is 20.1 Å². The molecule has 1 aromatic rings. The van der Waals surface area contributed by atoms with E-state index in [1.807, 2.05) is 0 Å². The summed E-state index contributed by atoms with van der Waals surface area (Å²) >= 11 is 0. The van der Waals surface area contributed by atoms with Gasteiger partial charge < -0.3 is 15.3 Å². The maximum Gasteiger partial charge on any atom is 0.416 e. The first-order valence-corrected chi connectivity index (χ1v) is 6.71. The van der Waals surface area contributed by atoms with Crippen molar-refractivity contribution in [1.29, 1.82) is 0 Å². The van der Waals surface area contributed by atoms with Gasteiger partial charge in [0, 0.05) is 25.6 Å². The summed E-state index contributed by atoms with van der Waals surface area (Å²) < 4.78 is 63.0. The Morgan fingerprint density at radius 2 is 1.96 bits per heavy atom. The van der Waals surface area contributed by atoms with Crippen LogP contribution in [0, 0.1) is 11.6 Å². The highest BCUT2D eigenvalue weighted by Crippen LogP contribution is 2.21. The summed E-state index contributed by atoms with van der Waals surface area (Å²) in [5.41, 5.74) is 0.171. The number of urea groups is 1. The fourth-order valence-corrected chi connectivity index (χ4v) is 1.83. The van der Waals surface area contributed by atoms with E-state index >= 15 is 0 Å². The number of hydrogen-bond acceptors (Lipinski definition) is 2. The number of aliphatic hydroxyl groups excluding tert-OH is 1. The van der Waals surface area contributed by atoms with Crippen molar-refractivity contribution in [3.05, 3.63) is 35.4 Å². The fraction of sp³-hybridized carbons (Fsp3) is 0.500. The molecular weight excluding hydrogens is 323 g/mol. The number of rotatable bonds is 5. The number of carbonyl (C=O) groups excluding carboxylic acids is 1. The highest BCUT2D eigenvalue weighted by molar-refractivity contribution is 5.73. The summed E-state index contributed by atoms with van der Waals surface area (Å²) in [6.07, 6.45) is -7.47. The van der Waals surface area contributed by atoms with Crippen molar-refractivity contribution in [3.8, 4) is 0 Å². The Kier molecular flexibility index (Phi) is 6.31. The van der Waals surface area contributed by atoms with Gasteiger partial charge in [-0.05, 0) is 11.6 Å². The Balaban J connectivity index is 2.55. The van der Waals surface area contributed by atoms with Crippen LogP contribution in [0.25, 0.3) is 0 Å². The van der Waals surface area contributed by atoms with Crippen LogP contribution in [0.3, 0.4) is 0 Å². The second-order valence-electron chi connectivity index (χ2n) is 5.19. The molecule has 2 N–H and O–H groups in total. The van der Waals surface area contributed by atoms with Gasteiger partial charge in [-0.25, -0.2) is 13.6 Å². The lowest BCUT2D eigenvalue weighted by Crippen LogP contribution is -2.46. The van der Waals surface area contributed by atoms with E-state index in [1.54, 1.807) is 6.92 Å². The summed E-state index contributed by atoms with van der Waals surface area (Å²) in [4.78, 5) is 12.3. The van der Waals surface area contributed by atoms with E-state index in [9.17, 15) is 26.7 Å². The number of hydrogen-bond donors (Lipinski definition) is 2. The number of aliphatic hydroxyl groups is 1. The van der Waals surface area contributed by atoms with Crippen LogP contribution in [0.5, 0.6) is 0 Å². The van der Waals surface area contributed by atoms with Crippen LogP contribution in [0.4, 0.5) is 26.7 Å². The van der Waals surface area contributed by atoms with Crippen LogP contribution in [-0.4, -0.2) is 48.5 Å². The van der Waals surface area contributed by atoms with Gasteiger partial charge in [0.25, 0.3) is 0 Å². The normalized spacial score (nSPS) is 14.3. The van der Waals surface area contributed by atoms with Crippen LogP contribution >= 0.6 is 0 Å². The topological polar surface area (TPSA) is 52.6 Å². The third kappa shape index (κ3) is 5.66. The molecule has 0 saturated heterocycles. The second-order valence-corrected chi connectivity index (χ2v) is 5.19. The Hall–Kier alpha value is -1.90. The van der Waals surface area contributed by atoms with Crippen LogP contribution in [0.1, 0.15) is 18.4 Å². The average Bonchev–Trinajstić information content (AvgIpc) is 2.43. The minimum absolute atomic E-state index is 0.0617. The summed E-state index contributed by atoms with van der Waals surface area (Å²) in [6.45, 7) is 0.587. The zero-order valence-corrected chi connectivity index (χ0v) is 12.5. The van der Waals surface area contributed by atoms with E-state index in [0.717, 1.165) is 13.1 Å². The molecule has 2 amide bonds. The molecule has 0 spiro atoms. The molecule has 1 aromatic carbocycles. The van der Waals surface area contributed by atoms with Crippen molar-refractivity contribution in [1.82, 2.24) is 10.2 Å². The molecule has 0 aromatic heterocycles. The summed E-state index contributed by atoms with van der Waals surface area (Å²) in [5, 5.41) is 11.2. The third-order valence-electron chi connectivity index (χ3n) is 3.22. The quantitative estimate of drug-likeness (QED) is 0.810. The molecule has 23 heavy (non-hydrogen) atoms. The lowest BCUT2D eigenvalue weighted by Gasteiger charge is -2.23. The van der Waals surface area contributed by atoms with Crippen molar-refractivity contribution in [3.63, 3.8) is 0 Å². The Morgan fingerprint density at radius 1 is 1.35 bits per heavy atom. The molecule has 0 saturated carbocycles. The van der Waals surface area contributed by atoms with Crippen LogP contribution in [0.2, 0.25) is 0 Å². The molecule has 9 heteroatoms. The SMILES string of the molecule is CC(CNC(=O)N(C)CC(O)C(F)(F)F)c1ccc(F)cc1F. The van der Waals surface area contributed by atoms with Gasteiger partial charge in [0.1, 0.15) is 11.6 Å². The van der Waals surface area contributed by atoms with Gasteiger partial charge in [0.2, 0.25) is 0 Å². The van der Waals surface area contributed by atoms with E-state index in [-0.39, 0.29) is 12.1 Å². The Bertz CT molecular complexity index is 550. The minimum atomic E-state index is -4.82. The number of halogens is 5. The van der Waals surface area contributed by atoms with Crippen molar-refractivity contribution in [2.24, 2.45) is 0 Å². The Labute approximate surface area is 129 Å². The van der Waals surface area contributed by atoms with Crippen LogP contribution in [0.15, 0.2) is 18.2 Å².